The summed E-state index contributed by atoms with van der Waals surface area (Å²) in [5.74, 6) is 0. The number of morpholine rings is 1. The van der Waals surface area contributed by atoms with Gasteiger partial charge in [-0.25, -0.2) is 8.42 Å². The van der Waals surface area contributed by atoms with Gasteiger partial charge in [0.05, 0.1) is 23.0 Å². The molecular weight excluding hydrogens is 368 g/mol. The number of nitrogens with zero attached hydrogens (tertiary/aromatic N) is 2. The third kappa shape index (κ3) is 3.08. The van der Waals surface area contributed by atoms with Gasteiger partial charge in [0.25, 0.3) is 5.69 Å². The van der Waals surface area contributed by atoms with Crippen LogP contribution in [0.4, 0.5) is 11.4 Å². The molecule has 1 spiro atoms. The van der Waals surface area contributed by atoms with E-state index in [0.29, 0.717) is 25.4 Å². The van der Waals surface area contributed by atoms with Gasteiger partial charge < -0.3 is 9.64 Å². The Balaban J connectivity index is 1.73. The summed E-state index contributed by atoms with van der Waals surface area (Å²) in [5, 5.41) is 11.6. The van der Waals surface area contributed by atoms with E-state index in [1.807, 2.05) is 17.0 Å². The Kier molecular flexibility index (Phi) is 4.20. The number of nitro benzene ring substituents is 1. The Morgan fingerprint density at radius 3 is 2.74 bits per heavy atom. The number of hydrogen-bond donors (Lipinski definition) is 0. The zero-order chi connectivity index (χ0) is 19.2. The zero-order valence-electron chi connectivity index (χ0n) is 14.9. The highest BCUT2D eigenvalue weighted by Crippen LogP contribution is 2.44. The number of nitro groups is 1. The van der Waals surface area contributed by atoms with Gasteiger partial charge in [-0.3, -0.25) is 10.1 Å². The molecule has 7 nitrogen and oxygen atoms in total. The topological polar surface area (TPSA) is 89.8 Å². The number of hydrogen-bond acceptors (Lipinski definition) is 6. The lowest BCUT2D eigenvalue weighted by atomic mass is 9.93. The predicted octanol–water partition coefficient (Wildman–Crippen LogP) is 2.68. The third-order valence-electron chi connectivity index (χ3n) is 5.40. The van der Waals surface area contributed by atoms with E-state index in [0.717, 1.165) is 30.7 Å². The van der Waals surface area contributed by atoms with Gasteiger partial charge in [-0.15, -0.1) is 0 Å². The van der Waals surface area contributed by atoms with Crippen LogP contribution in [-0.2, 0) is 26.6 Å². The molecule has 4 rings (SSSR count). The minimum absolute atomic E-state index is 0.0489. The van der Waals surface area contributed by atoms with E-state index in [1.165, 1.54) is 17.7 Å². The molecule has 0 amide bonds. The maximum atomic E-state index is 11.8. The van der Waals surface area contributed by atoms with Crippen LogP contribution in [0.15, 0.2) is 47.4 Å². The molecule has 0 N–H and O–H groups in total. The summed E-state index contributed by atoms with van der Waals surface area (Å²) < 4.78 is 29.7. The number of ether oxygens (including phenoxy) is 1. The average Bonchev–Trinajstić information content (AvgIpc) is 2.99. The van der Waals surface area contributed by atoms with Gasteiger partial charge in [0.2, 0.25) is 0 Å². The standard InChI is InChI=1S/C19H20N2O5S/c1-27(24,25)15-6-7-17(18(12-15)21(22)23)20-10-11-26-19(13-20)9-8-14-4-2-3-5-16(14)19/h2-7,12H,8-11,13H2,1H3. The van der Waals surface area contributed by atoms with Gasteiger partial charge in [0, 0.05) is 18.9 Å². The third-order valence-corrected chi connectivity index (χ3v) is 6.51. The largest absolute Gasteiger partial charge is 0.367 e. The van der Waals surface area contributed by atoms with Crippen molar-refractivity contribution in [1.82, 2.24) is 0 Å². The molecule has 1 heterocycles. The van der Waals surface area contributed by atoms with Crippen LogP contribution in [0.5, 0.6) is 0 Å². The van der Waals surface area contributed by atoms with Gasteiger partial charge >= 0.3 is 0 Å². The molecule has 142 valence electrons. The molecule has 2 aromatic carbocycles. The second-order valence-electron chi connectivity index (χ2n) is 7.10. The van der Waals surface area contributed by atoms with Crippen molar-refractivity contribution in [1.29, 1.82) is 0 Å². The van der Waals surface area contributed by atoms with Gasteiger partial charge in [-0.05, 0) is 36.1 Å². The predicted molar refractivity (Wildman–Crippen MR) is 101 cm³/mol. The van der Waals surface area contributed by atoms with Crippen molar-refractivity contribution in [3.05, 3.63) is 63.7 Å². The molecule has 1 unspecified atom stereocenters. The first-order chi connectivity index (χ1) is 12.8. The summed E-state index contributed by atoms with van der Waals surface area (Å²) in [7, 11) is -3.52. The average molecular weight is 388 g/mol. The minimum atomic E-state index is -3.52. The Morgan fingerprint density at radius 1 is 1.22 bits per heavy atom. The van der Waals surface area contributed by atoms with Crippen LogP contribution in [0.3, 0.4) is 0 Å². The first kappa shape index (κ1) is 17.9. The lowest BCUT2D eigenvalue weighted by Crippen LogP contribution is -2.49. The van der Waals surface area contributed by atoms with Gasteiger partial charge in [0.15, 0.2) is 9.84 Å². The van der Waals surface area contributed by atoms with Crippen LogP contribution in [-0.4, -0.2) is 39.3 Å². The molecule has 0 aromatic heterocycles. The fourth-order valence-electron chi connectivity index (χ4n) is 4.11. The normalized spacial score (nSPS) is 22.0. The fourth-order valence-corrected chi connectivity index (χ4v) is 4.75. The molecular formula is C19H20N2O5S. The summed E-state index contributed by atoms with van der Waals surface area (Å²) in [5.41, 5.74) is 2.16. The van der Waals surface area contributed by atoms with Gasteiger partial charge in [0.1, 0.15) is 11.3 Å². The summed E-state index contributed by atoms with van der Waals surface area (Å²) in [6.45, 7) is 1.48. The molecule has 0 saturated carbocycles. The highest BCUT2D eigenvalue weighted by Gasteiger charge is 2.44. The van der Waals surface area contributed by atoms with Crippen molar-refractivity contribution in [2.45, 2.75) is 23.3 Å². The molecule has 2 aromatic rings. The number of benzene rings is 2. The second kappa shape index (κ2) is 6.31. The van der Waals surface area contributed by atoms with Crippen LogP contribution >= 0.6 is 0 Å². The van der Waals surface area contributed by atoms with Crippen molar-refractivity contribution in [3.63, 3.8) is 0 Å². The van der Waals surface area contributed by atoms with Crippen molar-refractivity contribution >= 4 is 21.2 Å². The van der Waals surface area contributed by atoms with Crippen molar-refractivity contribution in [2.24, 2.45) is 0 Å². The number of sulfone groups is 1. The van der Waals surface area contributed by atoms with E-state index >= 15 is 0 Å². The van der Waals surface area contributed by atoms with E-state index in [-0.39, 0.29) is 10.6 Å². The number of rotatable bonds is 3. The maximum Gasteiger partial charge on any atom is 0.293 e. The number of aryl methyl sites for hydroxylation is 1. The van der Waals surface area contributed by atoms with Gasteiger partial charge in [-0.2, -0.15) is 0 Å². The first-order valence-electron chi connectivity index (χ1n) is 8.76. The molecule has 0 bridgehead atoms. The second-order valence-corrected chi connectivity index (χ2v) is 9.12. The van der Waals surface area contributed by atoms with Crippen LogP contribution in [0, 0.1) is 10.1 Å². The summed E-state index contributed by atoms with van der Waals surface area (Å²) in [4.78, 5) is 13.0. The van der Waals surface area contributed by atoms with Crippen molar-refractivity contribution < 1.29 is 18.1 Å². The monoisotopic (exact) mass is 388 g/mol. The molecule has 1 aliphatic carbocycles. The molecule has 2 aliphatic rings. The van der Waals surface area contributed by atoms with E-state index in [9.17, 15) is 18.5 Å². The van der Waals surface area contributed by atoms with Crippen molar-refractivity contribution in [3.8, 4) is 0 Å². The molecule has 1 fully saturated rings. The highest BCUT2D eigenvalue weighted by atomic mass is 32.2. The quantitative estimate of drug-likeness (QED) is 0.593. The molecule has 8 heteroatoms. The molecule has 1 aliphatic heterocycles. The van der Waals surface area contributed by atoms with E-state index in [2.05, 4.69) is 12.1 Å². The molecule has 1 atom stereocenters. The Morgan fingerprint density at radius 2 is 2.00 bits per heavy atom. The maximum absolute atomic E-state index is 11.8. The van der Waals surface area contributed by atoms with E-state index < -0.39 is 20.4 Å². The Bertz CT molecular complexity index is 1020. The van der Waals surface area contributed by atoms with E-state index in [4.69, 9.17) is 4.74 Å². The molecule has 1 saturated heterocycles. The summed E-state index contributed by atoms with van der Waals surface area (Å²) in [6, 6.07) is 12.3. The van der Waals surface area contributed by atoms with E-state index in [1.54, 1.807) is 0 Å². The van der Waals surface area contributed by atoms with Crippen LogP contribution in [0.25, 0.3) is 0 Å². The fraction of sp³-hybridized carbons (Fsp3) is 0.368. The zero-order valence-corrected chi connectivity index (χ0v) is 15.7. The Hall–Kier alpha value is -2.45. The number of anilines is 1. The summed E-state index contributed by atoms with van der Waals surface area (Å²) in [6.07, 6.45) is 2.79. The minimum Gasteiger partial charge on any atom is -0.367 e. The van der Waals surface area contributed by atoms with Crippen molar-refractivity contribution in [2.75, 3.05) is 30.9 Å². The highest BCUT2D eigenvalue weighted by molar-refractivity contribution is 7.90. The lowest BCUT2D eigenvalue weighted by molar-refractivity contribution is -0.384. The number of fused-ring (bicyclic) bond motifs is 2. The SMILES string of the molecule is CS(=O)(=O)c1ccc(N2CCOC3(CCc4ccccc43)C2)c([N+](=O)[O-])c1. The smallest absolute Gasteiger partial charge is 0.293 e. The first-order valence-corrected chi connectivity index (χ1v) is 10.7. The Labute approximate surface area is 157 Å². The van der Waals surface area contributed by atoms with Crippen LogP contribution in [0.1, 0.15) is 17.5 Å². The molecule has 27 heavy (non-hydrogen) atoms. The van der Waals surface area contributed by atoms with Gasteiger partial charge in [-0.1, -0.05) is 24.3 Å². The molecule has 0 radical (unpaired) electrons. The van der Waals surface area contributed by atoms with Crippen LogP contribution < -0.4 is 4.90 Å². The summed E-state index contributed by atoms with van der Waals surface area (Å²) >= 11 is 0. The van der Waals surface area contributed by atoms with Crippen LogP contribution in [0.2, 0.25) is 0 Å². The lowest BCUT2D eigenvalue weighted by Gasteiger charge is -2.42.